The van der Waals surface area contributed by atoms with E-state index < -0.39 is 10.1 Å². The van der Waals surface area contributed by atoms with E-state index in [0.717, 1.165) is 17.7 Å². The molecule has 2 aromatic carbocycles. The SMILES string of the molecule is CC1C=CC=C(c2ccc(N=Nc3cc(S(=O)(=O)O)c4ccccc4c3N)cn2)C1. The number of fused-ring (bicyclic) bond motifs is 1. The molecule has 152 valence electrons. The monoisotopic (exact) mass is 420 g/mol. The lowest BCUT2D eigenvalue weighted by atomic mass is 9.94. The van der Waals surface area contributed by atoms with Crippen LogP contribution in [0.3, 0.4) is 0 Å². The maximum atomic E-state index is 11.8. The molecule has 0 radical (unpaired) electrons. The van der Waals surface area contributed by atoms with Crippen LogP contribution in [-0.2, 0) is 10.1 Å². The van der Waals surface area contributed by atoms with Crippen molar-refractivity contribution in [2.45, 2.75) is 18.2 Å². The Morgan fingerprint density at radius 3 is 2.57 bits per heavy atom. The predicted molar refractivity (Wildman–Crippen MR) is 117 cm³/mol. The summed E-state index contributed by atoms with van der Waals surface area (Å²) in [4.78, 5) is 4.19. The Labute approximate surface area is 174 Å². The highest BCUT2D eigenvalue weighted by Gasteiger charge is 2.18. The number of nitrogens with zero attached hydrogens (tertiary/aromatic N) is 3. The third-order valence-corrected chi connectivity index (χ3v) is 5.83. The van der Waals surface area contributed by atoms with Gasteiger partial charge in [-0.05, 0) is 36.1 Å². The van der Waals surface area contributed by atoms with Crippen LogP contribution in [0, 0.1) is 5.92 Å². The minimum Gasteiger partial charge on any atom is -0.396 e. The fourth-order valence-corrected chi connectivity index (χ4v) is 4.14. The second kappa shape index (κ2) is 7.81. The van der Waals surface area contributed by atoms with Crippen LogP contribution < -0.4 is 5.73 Å². The molecule has 1 atom stereocenters. The lowest BCUT2D eigenvalue weighted by Gasteiger charge is -2.13. The van der Waals surface area contributed by atoms with Crippen molar-refractivity contribution in [3.63, 3.8) is 0 Å². The first-order valence-corrected chi connectivity index (χ1v) is 10.8. The van der Waals surface area contributed by atoms with Crippen LogP contribution in [0.15, 0.2) is 82.0 Å². The molecule has 0 saturated heterocycles. The van der Waals surface area contributed by atoms with E-state index in [2.05, 4.69) is 34.3 Å². The van der Waals surface area contributed by atoms with Crippen molar-refractivity contribution in [3.05, 3.63) is 72.6 Å². The maximum absolute atomic E-state index is 11.8. The highest BCUT2D eigenvalue weighted by atomic mass is 32.2. The summed E-state index contributed by atoms with van der Waals surface area (Å²) in [6, 6.07) is 11.5. The Morgan fingerprint density at radius 2 is 1.90 bits per heavy atom. The van der Waals surface area contributed by atoms with E-state index in [1.165, 1.54) is 6.07 Å². The van der Waals surface area contributed by atoms with Gasteiger partial charge in [0.25, 0.3) is 10.1 Å². The molecule has 1 aliphatic carbocycles. The second-order valence-electron chi connectivity index (χ2n) is 7.19. The van der Waals surface area contributed by atoms with Crippen molar-refractivity contribution in [2.75, 3.05) is 5.73 Å². The Hall–Kier alpha value is -3.36. The zero-order chi connectivity index (χ0) is 21.3. The van der Waals surface area contributed by atoms with Crippen LogP contribution in [0.1, 0.15) is 19.0 Å². The number of rotatable bonds is 4. The van der Waals surface area contributed by atoms with Gasteiger partial charge >= 0.3 is 0 Å². The molecule has 0 fully saturated rings. The lowest BCUT2D eigenvalue weighted by Crippen LogP contribution is -2.01. The molecular weight excluding hydrogens is 400 g/mol. The summed E-state index contributed by atoms with van der Waals surface area (Å²) < 4.78 is 33.2. The van der Waals surface area contributed by atoms with Crippen LogP contribution in [0.2, 0.25) is 0 Å². The van der Waals surface area contributed by atoms with Gasteiger partial charge in [-0.3, -0.25) is 9.54 Å². The zero-order valence-corrected chi connectivity index (χ0v) is 17.0. The number of pyridine rings is 1. The number of hydrogen-bond acceptors (Lipinski definition) is 6. The van der Waals surface area contributed by atoms with E-state index in [1.54, 1.807) is 36.5 Å². The molecule has 30 heavy (non-hydrogen) atoms. The Bertz CT molecular complexity index is 1310. The first kappa shape index (κ1) is 19.9. The number of hydrogen-bond donors (Lipinski definition) is 2. The summed E-state index contributed by atoms with van der Waals surface area (Å²) in [5, 5.41) is 9.05. The fraction of sp³-hybridized carbons (Fsp3) is 0.136. The predicted octanol–water partition coefficient (Wildman–Crippen LogP) is 5.46. The largest absolute Gasteiger partial charge is 0.396 e. The highest BCUT2D eigenvalue weighted by Crippen LogP contribution is 2.36. The molecule has 7 nitrogen and oxygen atoms in total. The van der Waals surface area contributed by atoms with Crippen molar-refractivity contribution in [3.8, 4) is 0 Å². The van der Waals surface area contributed by atoms with Crippen LogP contribution >= 0.6 is 0 Å². The van der Waals surface area contributed by atoms with Crippen molar-refractivity contribution in [2.24, 2.45) is 16.1 Å². The molecule has 1 heterocycles. The first-order valence-electron chi connectivity index (χ1n) is 9.37. The van der Waals surface area contributed by atoms with Gasteiger partial charge < -0.3 is 5.73 Å². The third-order valence-electron chi connectivity index (χ3n) is 4.93. The average molecular weight is 420 g/mol. The van der Waals surface area contributed by atoms with E-state index in [4.69, 9.17) is 5.73 Å². The number of aromatic nitrogens is 1. The van der Waals surface area contributed by atoms with Crippen LogP contribution in [0.25, 0.3) is 16.3 Å². The van der Waals surface area contributed by atoms with Gasteiger partial charge in [0.15, 0.2) is 0 Å². The smallest absolute Gasteiger partial charge is 0.295 e. The van der Waals surface area contributed by atoms with Gasteiger partial charge in [0.1, 0.15) is 16.3 Å². The maximum Gasteiger partial charge on any atom is 0.295 e. The van der Waals surface area contributed by atoms with Crippen molar-refractivity contribution < 1.29 is 13.0 Å². The zero-order valence-electron chi connectivity index (χ0n) is 16.2. The van der Waals surface area contributed by atoms with Gasteiger partial charge in [-0.2, -0.15) is 8.42 Å². The molecule has 0 spiro atoms. The van der Waals surface area contributed by atoms with E-state index in [1.807, 2.05) is 12.1 Å². The molecule has 0 bridgehead atoms. The third kappa shape index (κ3) is 4.00. The minimum atomic E-state index is -4.46. The van der Waals surface area contributed by atoms with Crippen LogP contribution in [0.5, 0.6) is 0 Å². The summed E-state index contributed by atoms with van der Waals surface area (Å²) in [5.74, 6) is 0.471. The molecule has 1 unspecified atom stereocenters. The summed E-state index contributed by atoms with van der Waals surface area (Å²) in [6.45, 7) is 2.15. The number of allylic oxidation sites excluding steroid dienone is 4. The van der Waals surface area contributed by atoms with E-state index in [-0.39, 0.29) is 16.3 Å². The number of azo groups is 1. The molecule has 0 aliphatic heterocycles. The molecular formula is C22H20N4O3S. The van der Waals surface area contributed by atoms with Gasteiger partial charge in [-0.1, -0.05) is 49.4 Å². The van der Waals surface area contributed by atoms with Gasteiger partial charge in [-0.25, -0.2) is 0 Å². The van der Waals surface area contributed by atoms with Gasteiger partial charge in [0.05, 0.1) is 17.6 Å². The number of nitrogens with two attached hydrogens (primary N) is 1. The van der Waals surface area contributed by atoms with Gasteiger partial charge in [0.2, 0.25) is 0 Å². The summed E-state index contributed by atoms with van der Waals surface area (Å²) in [5.41, 5.74) is 9.14. The summed E-state index contributed by atoms with van der Waals surface area (Å²) >= 11 is 0. The molecule has 4 rings (SSSR count). The number of nitrogen functional groups attached to an aromatic ring is 1. The average Bonchev–Trinajstić information content (AvgIpc) is 2.73. The Morgan fingerprint density at radius 1 is 1.13 bits per heavy atom. The molecule has 0 saturated carbocycles. The standard InChI is InChI=1S/C22H20N4O3S/c1-14-5-4-6-15(11-14)19-10-9-16(13-24-19)25-26-20-12-21(30(27,28)29)17-7-2-3-8-18(17)22(20)23/h2-10,12-14H,11,23H2,1H3,(H,27,28,29). The van der Waals surface area contributed by atoms with E-state index in [0.29, 0.717) is 22.4 Å². The normalized spacial score (nSPS) is 16.9. The molecule has 8 heteroatoms. The van der Waals surface area contributed by atoms with E-state index in [9.17, 15) is 13.0 Å². The summed E-state index contributed by atoms with van der Waals surface area (Å²) in [7, 11) is -4.46. The van der Waals surface area contributed by atoms with Gasteiger partial charge in [0, 0.05) is 10.8 Å². The minimum absolute atomic E-state index is 0.152. The van der Waals surface area contributed by atoms with Crippen molar-refractivity contribution in [1.29, 1.82) is 0 Å². The fourth-order valence-electron chi connectivity index (χ4n) is 3.43. The number of benzene rings is 2. The van der Waals surface area contributed by atoms with Gasteiger partial charge in [-0.15, -0.1) is 10.2 Å². The number of anilines is 1. The van der Waals surface area contributed by atoms with E-state index >= 15 is 0 Å². The first-order chi connectivity index (χ1) is 14.3. The molecule has 0 amide bonds. The molecule has 3 N–H and O–H groups in total. The second-order valence-corrected chi connectivity index (χ2v) is 8.58. The molecule has 1 aromatic heterocycles. The molecule has 3 aromatic rings. The highest BCUT2D eigenvalue weighted by molar-refractivity contribution is 7.86. The Balaban J connectivity index is 1.68. The Kier molecular flexibility index (Phi) is 5.19. The topological polar surface area (TPSA) is 118 Å². The van der Waals surface area contributed by atoms with Crippen LogP contribution in [-0.4, -0.2) is 18.0 Å². The summed E-state index contributed by atoms with van der Waals surface area (Å²) in [6.07, 6.45) is 8.77. The molecule has 1 aliphatic rings. The lowest BCUT2D eigenvalue weighted by molar-refractivity contribution is 0.484. The van der Waals surface area contributed by atoms with Crippen molar-refractivity contribution >= 4 is 43.5 Å². The quantitative estimate of drug-likeness (QED) is 0.330. The van der Waals surface area contributed by atoms with Crippen LogP contribution in [0.4, 0.5) is 17.1 Å². The van der Waals surface area contributed by atoms with Crippen molar-refractivity contribution in [1.82, 2.24) is 4.98 Å².